The lowest BCUT2D eigenvalue weighted by atomic mass is 9.80. The summed E-state index contributed by atoms with van der Waals surface area (Å²) in [6.07, 6.45) is 1.82. The van der Waals surface area contributed by atoms with E-state index in [1.807, 2.05) is 20.8 Å². The number of rotatable bonds is 5. The van der Waals surface area contributed by atoms with Crippen LogP contribution in [0, 0.1) is 5.41 Å². The fraction of sp³-hybridized carbons (Fsp3) is 0.923. The molecule has 4 nitrogen and oxygen atoms in total. The summed E-state index contributed by atoms with van der Waals surface area (Å²) < 4.78 is 5.57. The summed E-state index contributed by atoms with van der Waals surface area (Å²) in [7, 11) is 0. The molecule has 1 heterocycles. The zero-order valence-corrected chi connectivity index (χ0v) is 11.6. The van der Waals surface area contributed by atoms with E-state index in [2.05, 4.69) is 17.6 Å². The maximum absolute atomic E-state index is 12.2. The first-order valence-corrected chi connectivity index (χ1v) is 6.53. The maximum Gasteiger partial charge on any atom is 0.226 e. The Kier molecular flexibility index (Phi) is 4.95. The van der Waals surface area contributed by atoms with Gasteiger partial charge in [0.15, 0.2) is 0 Å². The summed E-state index contributed by atoms with van der Waals surface area (Å²) >= 11 is 0. The summed E-state index contributed by atoms with van der Waals surface area (Å²) in [6.45, 7) is 11.1. The maximum atomic E-state index is 12.2. The van der Waals surface area contributed by atoms with E-state index in [4.69, 9.17) is 4.74 Å². The van der Waals surface area contributed by atoms with Crippen molar-refractivity contribution in [3.8, 4) is 0 Å². The van der Waals surface area contributed by atoms with E-state index < -0.39 is 0 Å². The van der Waals surface area contributed by atoms with E-state index in [1.165, 1.54) is 0 Å². The van der Waals surface area contributed by atoms with E-state index in [0.717, 1.165) is 25.9 Å². The SMILES string of the molecule is CCOC(C)(C)CNC(=O)C1(C)CCNCC1. The standard InChI is InChI=1S/C13H26N2O2/c1-5-17-12(2,3)10-15-11(16)13(4)6-8-14-9-7-13/h14H,5-10H2,1-4H3,(H,15,16). The molecule has 1 amide bonds. The second-order valence-corrected chi connectivity index (χ2v) is 5.69. The number of hydrogen-bond acceptors (Lipinski definition) is 3. The zero-order valence-electron chi connectivity index (χ0n) is 11.6. The summed E-state index contributed by atoms with van der Waals surface area (Å²) in [6, 6.07) is 0. The average Bonchev–Trinajstić information content (AvgIpc) is 2.27. The molecule has 0 aromatic rings. The fourth-order valence-electron chi connectivity index (χ4n) is 2.15. The molecule has 0 saturated carbocycles. The Morgan fingerprint density at radius 1 is 1.41 bits per heavy atom. The van der Waals surface area contributed by atoms with Crippen molar-refractivity contribution in [3.05, 3.63) is 0 Å². The molecule has 0 bridgehead atoms. The third-order valence-corrected chi connectivity index (χ3v) is 3.47. The van der Waals surface area contributed by atoms with Crippen molar-refractivity contribution in [1.29, 1.82) is 0 Å². The molecule has 0 unspecified atom stereocenters. The molecule has 0 aromatic heterocycles. The van der Waals surface area contributed by atoms with Gasteiger partial charge in [0, 0.05) is 18.6 Å². The third kappa shape index (κ3) is 4.28. The lowest BCUT2D eigenvalue weighted by Crippen LogP contribution is -2.49. The zero-order chi connectivity index (χ0) is 12.9. The first kappa shape index (κ1) is 14.5. The smallest absolute Gasteiger partial charge is 0.226 e. The van der Waals surface area contributed by atoms with Crippen LogP contribution in [0.5, 0.6) is 0 Å². The van der Waals surface area contributed by atoms with Crippen molar-refractivity contribution in [2.24, 2.45) is 5.41 Å². The van der Waals surface area contributed by atoms with Crippen LogP contribution in [0.3, 0.4) is 0 Å². The Bertz CT molecular complexity index is 258. The van der Waals surface area contributed by atoms with Crippen LogP contribution in [-0.2, 0) is 9.53 Å². The van der Waals surface area contributed by atoms with Crippen molar-refractivity contribution in [1.82, 2.24) is 10.6 Å². The Hall–Kier alpha value is -0.610. The number of carbonyl (C=O) groups excluding carboxylic acids is 1. The van der Waals surface area contributed by atoms with Crippen LogP contribution in [0.1, 0.15) is 40.5 Å². The summed E-state index contributed by atoms with van der Waals surface area (Å²) in [4.78, 5) is 12.2. The van der Waals surface area contributed by atoms with Gasteiger partial charge >= 0.3 is 0 Å². The predicted molar refractivity (Wildman–Crippen MR) is 68.9 cm³/mol. The van der Waals surface area contributed by atoms with Gasteiger partial charge in [-0.3, -0.25) is 4.79 Å². The Morgan fingerprint density at radius 3 is 2.53 bits per heavy atom. The lowest BCUT2D eigenvalue weighted by molar-refractivity contribution is -0.133. The highest BCUT2D eigenvalue weighted by molar-refractivity contribution is 5.82. The second-order valence-electron chi connectivity index (χ2n) is 5.69. The highest BCUT2D eigenvalue weighted by atomic mass is 16.5. The number of carbonyl (C=O) groups is 1. The van der Waals surface area contributed by atoms with Crippen LogP contribution in [0.2, 0.25) is 0 Å². The van der Waals surface area contributed by atoms with Crippen LogP contribution in [0.25, 0.3) is 0 Å². The molecule has 100 valence electrons. The summed E-state index contributed by atoms with van der Waals surface area (Å²) in [5.74, 6) is 0.159. The van der Waals surface area contributed by atoms with Gasteiger partial charge in [0.05, 0.1) is 5.60 Å². The third-order valence-electron chi connectivity index (χ3n) is 3.47. The van der Waals surface area contributed by atoms with Crippen molar-refractivity contribution in [2.75, 3.05) is 26.2 Å². The molecule has 0 radical (unpaired) electrons. The molecule has 0 aromatic carbocycles. The van der Waals surface area contributed by atoms with E-state index in [9.17, 15) is 4.79 Å². The Balaban J connectivity index is 2.43. The van der Waals surface area contributed by atoms with E-state index >= 15 is 0 Å². The minimum absolute atomic E-state index is 0.159. The first-order chi connectivity index (χ1) is 7.90. The van der Waals surface area contributed by atoms with Crippen LogP contribution >= 0.6 is 0 Å². The topological polar surface area (TPSA) is 50.4 Å². The first-order valence-electron chi connectivity index (χ1n) is 6.53. The van der Waals surface area contributed by atoms with Crippen LogP contribution < -0.4 is 10.6 Å². The molecule has 1 aliphatic heterocycles. The fourth-order valence-corrected chi connectivity index (χ4v) is 2.15. The minimum atomic E-state index is -0.284. The number of ether oxygens (including phenoxy) is 1. The highest BCUT2D eigenvalue weighted by Crippen LogP contribution is 2.28. The van der Waals surface area contributed by atoms with Gasteiger partial charge in [0.1, 0.15) is 0 Å². The molecule has 1 aliphatic rings. The average molecular weight is 242 g/mol. The molecule has 4 heteroatoms. The van der Waals surface area contributed by atoms with E-state index in [-0.39, 0.29) is 16.9 Å². The molecule has 1 saturated heterocycles. The molecular formula is C13H26N2O2. The van der Waals surface area contributed by atoms with Gasteiger partial charge in [-0.05, 0) is 46.7 Å². The van der Waals surface area contributed by atoms with Gasteiger partial charge in [-0.1, -0.05) is 6.92 Å². The van der Waals surface area contributed by atoms with E-state index in [0.29, 0.717) is 13.2 Å². The monoisotopic (exact) mass is 242 g/mol. The van der Waals surface area contributed by atoms with Crippen LogP contribution in [-0.4, -0.2) is 37.7 Å². The summed E-state index contributed by atoms with van der Waals surface area (Å²) in [5.41, 5.74) is -0.499. The van der Waals surface area contributed by atoms with Gasteiger partial charge in [0.25, 0.3) is 0 Å². The lowest BCUT2D eigenvalue weighted by Gasteiger charge is -2.34. The molecule has 1 rings (SSSR count). The number of amides is 1. The number of hydrogen-bond donors (Lipinski definition) is 2. The number of piperidine rings is 1. The Morgan fingerprint density at radius 2 is 2.00 bits per heavy atom. The molecular weight excluding hydrogens is 216 g/mol. The van der Waals surface area contributed by atoms with Crippen molar-refractivity contribution in [2.45, 2.75) is 46.1 Å². The molecule has 17 heavy (non-hydrogen) atoms. The summed E-state index contributed by atoms with van der Waals surface area (Å²) in [5, 5.41) is 6.31. The largest absolute Gasteiger partial charge is 0.374 e. The normalized spacial score (nSPS) is 20.0. The molecule has 0 aliphatic carbocycles. The minimum Gasteiger partial charge on any atom is -0.374 e. The van der Waals surface area contributed by atoms with Gasteiger partial charge in [-0.25, -0.2) is 0 Å². The van der Waals surface area contributed by atoms with Crippen LogP contribution in [0.4, 0.5) is 0 Å². The second kappa shape index (κ2) is 5.83. The van der Waals surface area contributed by atoms with Crippen molar-refractivity contribution in [3.63, 3.8) is 0 Å². The molecule has 0 spiro atoms. The molecule has 0 atom stereocenters. The van der Waals surface area contributed by atoms with Crippen LogP contribution in [0.15, 0.2) is 0 Å². The van der Waals surface area contributed by atoms with Gasteiger partial charge < -0.3 is 15.4 Å². The van der Waals surface area contributed by atoms with Gasteiger partial charge in [-0.15, -0.1) is 0 Å². The quantitative estimate of drug-likeness (QED) is 0.764. The van der Waals surface area contributed by atoms with Gasteiger partial charge in [-0.2, -0.15) is 0 Å². The predicted octanol–water partition coefficient (Wildman–Crippen LogP) is 1.31. The van der Waals surface area contributed by atoms with Crippen molar-refractivity contribution < 1.29 is 9.53 Å². The van der Waals surface area contributed by atoms with Crippen molar-refractivity contribution >= 4 is 5.91 Å². The highest BCUT2D eigenvalue weighted by Gasteiger charge is 2.35. The number of nitrogens with one attached hydrogen (secondary N) is 2. The van der Waals surface area contributed by atoms with Gasteiger partial charge in [0.2, 0.25) is 5.91 Å². The Labute approximate surface area is 104 Å². The van der Waals surface area contributed by atoms with E-state index in [1.54, 1.807) is 0 Å². The molecule has 2 N–H and O–H groups in total. The molecule has 1 fully saturated rings.